The molecule has 0 aliphatic carbocycles. The van der Waals surface area contributed by atoms with E-state index >= 15 is 0 Å². The Hall–Kier alpha value is -1.10. The van der Waals surface area contributed by atoms with Gasteiger partial charge in [0, 0.05) is 0 Å². The lowest BCUT2D eigenvalue weighted by molar-refractivity contribution is -0.0265. The summed E-state index contributed by atoms with van der Waals surface area (Å²) in [6, 6.07) is 6.12. The second-order valence-corrected chi connectivity index (χ2v) is 8.45. The lowest BCUT2D eigenvalue weighted by atomic mass is 9.79. The molecule has 23 heavy (non-hydrogen) atoms. The van der Waals surface area contributed by atoms with Crippen LogP contribution in [0.1, 0.15) is 52.7 Å². The first-order valence-corrected chi connectivity index (χ1v) is 8.10. The van der Waals surface area contributed by atoms with Crippen molar-refractivity contribution in [2.24, 2.45) is 5.41 Å². The molecule has 0 unspecified atom stereocenters. The van der Waals surface area contributed by atoms with Gasteiger partial charge in [0.15, 0.2) is 0 Å². The van der Waals surface area contributed by atoms with Crippen LogP contribution in [0.25, 0.3) is 0 Å². The summed E-state index contributed by atoms with van der Waals surface area (Å²) in [5, 5.41) is 28.5. The van der Waals surface area contributed by atoms with Gasteiger partial charge in [0.2, 0.25) is 0 Å². The van der Waals surface area contributed by atoms with E-state index in [0.717, 1.165) is 16.9 Å². The van der Waals surface area contributed by atoms with Gasteiger partial charge in [-0.25, -0.2) is 0 Å². The zero-order valence-corrected chi connectivity index (χ0v) is 15.3. The van der Waals surface area contributed by atoms with Crippen LogP contribution in [-0.2, 0) is 10.8 Å². The molecule has 0 spiro atoms. The standard InChI is InChI=1S/C19H32O4/c1-17(2,3)14-8-7-9-15(18(4,5)6)16(14)23-13-19(10-20,11-21)12-22/h7-9,20-22H,10-13H2,1-6H3. The molecule has 4 nitrogen and oxygen atoms in total. The summed E-state index contributed by atoms with van der Waals surface area (Å²) in [4.78, 5) is 0. The van der Waals surface area contributed by atoms with E-state index in [1.54, 1.807) is 0 Å². The van der Waals surface area contributed by atoms with Crippen molar-refractivity contribution in [1.82, 2.24) is 0 Å². The van der Waals surface area contributed by atoms with Gasteiger partial charge in [-0.05, 0) is 22.0 Å². The first kappa shape index (κ1) is 19.9. The van der Waals surface area contributed by atoms with E-state index in [1.165, 1.54) is 0 Å². The van der Waals surface area contributed by atoms with Gasteiger partial charge in [0.1, 0.15) is 12.4 Å². The number of aliphatic hydroxyl groups is 3. The number of ether oxygens (including phenoxy) is 1. The number of benzene rings is 1. The Morgan fingerprint density at radius 3 is 1.48 bits per heavy atom. The maximum Gasteiger partial charge on any atom is 0.126 e. The van der Waals surface area contributed by atoms with Gasteiger partial charge in [-0.2, -0.15) is 0 Å². The third kappa shape index (κ3) is 4.69. The molecular weight excluding hydrogens is 292 g/mol. The van der Waals surface area contributed by atoms with Crippen LogP contribution in [0.4, 0.5) is 0 Å². The molecule has 0 aromatic heterocycles. The van der Waals surface area contributed by atoms with Crippen LogP contribution < -0.4 is 4.74 Å². The Morgan fingerprint density at radius 2 is 1.17 bits per heavy atom. The molecule has 4 heteroatoms. The number of aliphatic hydroxyl groups excluding tert-OH is 3. The van der Waals surface area contributed by atoms with Crippen LogP contribution in [0, 0.1) is 5.41 Å². The van der Waals surface area contributed by atoms with Crippen LogP contribution in [0.3, 0.4) is 0 Å². The lowest BCUT2D eigenvalue weighted by Gasteiger charge is -2.33. The molecular formula is C19H32O4. The third-order valence-electron chi connectivity index (χ3n) is 4.16. The van der Waals surface area contributed by atoms with E-state index < -0.39 is 5.41 Å². The molecule has 0 fully saturated rings. The molecule has 1 aromatic rings. The summed E-state index contributed by atoms with van der Waals surface area (Å²) < 4.78 is 6.08. The van der Waals surface area contributed by atoms with E-state index in [-0.39, 0.29) is 37.3 Å². The minimum atomic E-state index is -1.04. The van der Waals surface area contributed by atoms with E-state index in [4.69, 9.17) is 4.74 Å². The van der Waals surface area contributed by atoms with Crippen molar-refractivity contribution < 1.29 is 20.1 Å². The van der Waals surface area contributed by atoms with Crippen LogP contribution in [0.2, 0.25) is 0 Å². The molecule has 0 saturated heterocycles. The summed E-state index contributed by atoms with van der Waals surface area (Å²) in [7, 11) is 0. The first-order valence-electron chi connectivity index (χ1n) is 8.10. The lowest BCUT2D eigenvalue weighted by Crippen LogP contribution is -2.40. The number of hydrogen-bond acceptors (Lipinski definition) is 4. The molecule has 0 atom stereocenters. The predicted octanol–water partition coefficient (Wildman–Crippen LogP) is 2.62. The summed E-state index contributed by atoms with van der Waals surface area (Å²) in [5.74, 6) is 0.784. The first-order chi connectivity index (χ1) is 10.5. The van der Waals surface area contributed by atoms with Crippen LogP contribution in [0.15, 0.2) is 18.2 Å². The molecule has 0 radical (unpaired) electrons. The Bertz CT molecular complexity index is 465. The normalized spacial score (nSPS) is 13.3. The van der Waals surface area contributed by atoms with Gasteiger partial charge >= 0.3 is 0 Å². The number of para-hydroxylation sites is 1. The summed E-state index contributed by atoms with van der Waals surface area (Å²) >= 11 is 0. The third-order valence-corrected chi connectivity index (χ3v) is 4.16. The van der Waals surface area contributed by atoms with Gasteiger partial charge in [-0.1, -0.05) is 59.7 Å². The molecule has 0 aliphatic rings. The fraction of sp³-hybridized carbons (Fsp3) is 0.684. The fourth-order valence-electron chi connectivity index (χ4n) is 2.39. The van der Waals surface area contributed by atoms with Crippen molar-refractivity contribution in [3.63, 3.8) is 0 Å². The molecule has 1 aromatic carbocycles. The zero-order valence-electron chi connectivity index (χ0n) is 15.3. The topological polar surface area (TPSA) is 69.9 Å². The van der Waals surface area contributed by atoms with E-state index in [2.05, 4.69) is 41.5 Å². The van der Waals surface area contributed by atoms with Crippen LogP contribution in [0.5, 0.6) is 5.75 Å². The molecule has 0 saturated carbocycles. The number of hydrogen-bond donors (Lipinski definition) is 3. The summed E-state index contributed by atoms with van der Waals surface area (Å²) in [5.41, 5.74) is 0.911. The van der Waals surface area contributed by atoms with Gasteiger partial charge in [-0.15, -0.1) is 0 Å². The summed E-state index contributed by atoms with van der Waals surface area (Å²) in [6.07, 6.45) is 0. The average Bonchev–Trinajstić information content (AvgIpc) is 2.47. The maximum atomic E-state index is 9.51. The van der Waals surface area contributed by atoms with Crippen molar-refractivity contribution >= 4 is 0 Å². The molecule has 132 valence electrons. The van der Waals surface area contributed by atoms with Crippen LogP contribution >= 0.6 is 0 Å². The Kier molecular flexibility index (Phi) is 6.25. The highest BCUT2D eigenvalue weighted by Crippen LogP contribution is 2.40. The van der Waals surface area contributed by atoms with Gasteiger partial charge < -0.3 is 20.1 Å². The summed E-state index contributed by atoms with van der Waals surface area (Å²) in [6.45, 7) is 11.8. The quantitative estimate of drug-likeness (QED) is 0.752. The number of rotatable bonds is 6. The smallest absolute Gasteiger partial charge is 0.126 e. The largest absolute Gasteiger partial charge is 0.492 e. The Morgan fingerprint density at radius 1 is 0.783 bits per heavy atom. The predicted molar refractivity (Wildman–Crippen MR) is 93.0 cm³/mol. The molecule has 1 rings (SSSR count). The minimum absolute atomic E-state index is 0.0622. The molecule has 0 amide bonds. The fourth-order valence-corrected chi connectivity index (χ4v) is 2.39. The highest BCUT2D eigenvalue weighted by Gasteiger charge is 2.32. The zero-order chi connectivity index (χ0) is 17.9. The van der Waals surface area contributed by atoms with Crippen molar-refractivity contribution in [2.45, 2.75) is 52.4 Å². The van der Waals surface area contributed by atoms with E-state index in [0.29, 0.717) is 0 Å². The molecule has 0 bridgehead atoms. The second kappa shape index (κ2) is 7.20. The molecule has 0 aliphatic heterocycles. The highest BCUT2D eigenvalue weighted by molar-refractivity contribution is 5.48. The SMILES string of the molecule is CC(C)(C)c1cccc(C(C)(C)C)c1OCC(CO)(CO)CO. The van der Waals surface area contributed by atoms with Crippen molar-refractivity contribution in [1.29, 1.82) is 0 Å². The van der Waals surface area contributed by atoms with Gasteiger partial charge in [0.25, 0.3) is 0 Å². The Labute approximate surface area is 140 Å². The highest BCUT2D eigenvalue weighted by atomic mass is 16.5. The maximum absolute atomic E-state index is 9.51. The van der Waals surface area contributed by atoms with E-state index in [9.17, 15) is 15.3 Å². The monoisotopic (exact) mass is 324 g/mol. The Balaban J connectivity index is 3.32. The van der Waals surface area contributed by atoms with Crippen molar-refractivity contribution in [2.75, 3.05) is 26.4 Å². The molecule has 0 heterocycles. The van der Waals surface area contributed by atoms with Crippen LogP contribution in [-0.4, -0.2) is 41.7 Å². The van der Waals surface area contributed by atoms with Gasteiger partial charge in [0.05, 0.1) is 25.2 Å². The van der Waals surface area contributed by atoms with Crippen molar-refractivity contribution in [3.05, 3.63) is 29.3 Å². The van der Waals surface area contributed by atoms with Crippen molar-refractivity contribution in [3.8, 4) is 5.75 Å². The second-order valence-electron chi connectivity index (χ2n) is 8.45. The average molecular weight is 324 g/mol. The van der Waals surface area contributed by atoms with E-state index in [1.807, 2.05) is 18.2 Å². The minimum Gasteiger partial charge on any atom is -0.492 e. The molecule has 3 N–H and O–H groups in total. The van der Waals surface area contributed by atoms with Gasteiger partial charge in [-0.3, -0.25) is 0 Å².